The van der Waals surface area contributed by atoms with Gasteiger partial charge in [-0.15, -0.1) is 0 Å². The number of aromatic nitrogens is 3. The molecule has 1 aromatic carbocycles. The first kappa shape index (κ1) is 15.9. The van der Waals surface area contributed by atoms with Gasteiger partial charge in [0, 0.05) is 31.7 Å². The standard InChI is InChI=1S/C19H21N5/c1-2-5-16(6-3-1)8-12-21-18-10-14-23-19(24-18)22-13-9-17-7-4-11-20-15-17/h1-7,10-11,14-15H,8-9,12-13H2,(H2,21,22,23,24). The molecule has 0 bridgehead atoms. The normalized spacial score (nSPS) is 10.3. The van der Waals surface area contributed by atoms with Crippen LogP contribution in [0.2, 0.25) is 0 Å². The van der Waals surface area contributed by atoms with Crippen molar-refractivity contribution < 1.29 is 0 Å². The molecule has 3 aromatic rings. The van der Waals surface area contributed by atoms with Crippen molar-refractivity contribution in [1.82, 2.24) is 15.0 Å². The van der Waals surface area contributed by atoms with Crippen molar-refractivity contribution in [3.05, 3.63) is 78.2 Å². The monoisotopic (exact) mass is 319 g/mol. The van der Waals surface area contributed by atoms with Gasteiger partial charge in [-0.2, -0.15) is 4.98 Å². The fourth-order valence-electron chi connectivity index (χ4n) is 2.39. The number of hydrogen-bond donors (Lipinski definition) is 2. The first-order valence-electron chi connectivity index (χ1n) is 8.14. The van der Waals surface area contributed by atoms with Crippen LogP contribution in [-0.2, 0) is 12.8 Å². The van der Waals surface area contributed by atoms with Gasteiger partial charge in [0.05, 0.1) is 0 Å². The van der Waals surface area contributed by atoms with Crippen molar-refractivity contribution in [2.75, 3.05) is 23.7 Å². The quantitative estimate of drug-likeness (QED) is 0.668. The minimum Gasteiger partial charge on any atom is -0.370 e. The first-order valence-corrected chi connectivity index (χ1v) is 8.14. The number of rotatable bonds is 8. The van der Waals surface area contributed by atoms with Crippen molar-refractivity contribution >= 4 is 11.8 Å². The number of anilines is 2. The molecule has 2 heterocycles. The summed E-state index contributed by atoms with van der Waals surface area (Å²) in [7, 11) is 0. The second-order valence-corrected chi connectivity index (χ2v) is 5.47. The second-order valence-electron chi connectivity index (χ2n) is 5.47. The zero-order valence-electron chi connectivity index (χ0n) is 13.5. The van der Waals surface area contributed by atoms with E-state index in [0.717, 1.165) is 31.7 Å². The van der Waals surface area contributed by atoms with Gasteiger partial charge >= 0.3 is 0 Å². The molecular weight excluding hydrogens is 298 g/mol. The van der Waals surface area contributed by atoms with Crippen LogP contribution in [0.5, 0.6) is 0 Å². The fraction of sp³-hybridized carbons (Fsp3) is 0.211. The summed E-state index contributed by atoms with van der Waals surface area (Å²) in [5.74, 6) is 1.48. The van der Waals surface area contributed by atoms with Crippen LogP contribution in [0.25, 0.3) is 0 Å². The van der Waals surface area contributed by atoms with E-state index in [0.29, 0.717) is 5.95 Å². The van der Waals surface area contributed by atoms with Crippen LogP contribution < -0.4 is 10.6 Å². The van der Waals surface area contributed by atoms with E-state index in [4.69, 9.17) is 0 Å². The summed E-state index contributed by atoms with van der Waals surface area (Å²) in [6, 6.07) is 16.3. The molecule has 0 aliphatic rings. The maximum Gasteiger partial charge on any atom is 0.224 e. The molecule has 0 spiro atoms. The Morgan fingerprint density at radius 3 is 2.38 bits per heavy atom. The van der Waals surface area contributed by atoms with Crippen molar-refractivity contribution in [1.29, 1.82) is 0 Å². The van der Waals surface area contributed by atoms with E-state index >= 15 is 0 Å². The predicted molar refractivity (Wildman–Crippen MR) is 97.1 cm³/mol. The molecule has 0 unspecified atom stereocenters. The van der Waals surface area contributed by atoms with Crippen LogP contribution in [0, 0.1) is 0 Å². The Hall–Kier alpha value is -2.95. The van der Waals surface area contributed by atoms with E-state index in [1.165, 1.54) is 11.1 Å². The third kappa shape index (κ3) is 5.05. The lowest BCUT2D eigenvalue weighted by atomic mass is 10.1. The smallest absolute Gasteiger partial charge is 0.224 e. The number of nitrogens with zero attached hydrogens (tertiary/aromatic N) is 3. The third-order valence-corrected chi connectivity index (χ3v) is 3.64. The lowest BCUT2D eigenvalue weighted by Gasteiger charge is -2.08. The average Bonchev–Trinajstić information content (AvgIpc) is 2.64. The van der Waals surface area contributed by atoms with Crippen molar-refractivity contribution in [2.24, 2.45) is 0 Å². The van der Waals surface area contributed by atoms with E-state index in [1.807, 2.05) is 24.4 Å². The van der Waals surface area contributed by atoms with Gasteiger partial charge in [0.2, 0.25) is 5.95 Å². The van der Waals surface area contributed by atoms with Gasteiger partial charge in [-0.1, -0.05) is 36.4 Å². The lowest BCUT2D eigenvalue weighted by Crippen LogP contribution is -2.11. The molecule has 0 radical (unpaired) electrons. The highest BCUT2D eigenvalue weighted by molar-refractivity contribution is 5.39. The molecular formula is C19H21N5. The minimum atomic E-state index is 0.642. The van der Waals surface area contributed by atoms with Gasteiger partial charge in [0.15, 0.2) is 0 Å². The molecule has 2 N–H and O–H groups in total. The molecule has 0 saturated carbocycles. The van der Waals surface area contributed by atoms with Crippen LogP contribution in [0.15, 0.2) is 67.1 Å². The molecule has 0 aliphatic heterocycles. The van der Waals surface area contributed by atoms with Crippen LogP contribution >= 0.6 is 0 Å². The van der Waals surface area contributed by atoms with Crippen LogP contribution in [0.1, 0.15) is 11.1 Å². The highest BCUT2D eigenvalue weighted by atomic mass is 15.1. The van der Waals surface area contributed by atoms with Crippen LogP contribution in [0.4, 0.5) is 11.8 Å². The summed E-state index contributed by atoms with van der Waals surface area (Å²) >= 11 is 0. The maximum atomic E-state index is 4.49. The molecule has 5 heteroatoms. The summed E-state index contributed by atoms with van der Waals surface area (Å²) in [6.07, 6.45) is 7.29. The first-order chi connectivity index (χ1) is 11.9. The molecule has 0 atom stereocenters. The lowest BCUT2D eigenvalue weighted by molar-refractivity contribution is 0.964. The average molecular weight is 319 g/mol. The fourth-order valence-corrected chi connectivity index (χ4v) is 2.39. The van der Waals surface area contributed by atoms with Crippen LogP contribution in [0.3, 0.4) is 0 Å². The summed E-state index contributed by atoms with van der Waals surface area (Å²) in [5.41, 5.74) is 2.51. The van der Waals surface area contributed by atoms with E-state index in [2.05, 4.69) is 55.9 Å². The number of nitrogens with one attached hydrogen (secondary N) is 2. The van der Waals surface area contributed by atoms with Gasteiger partial charge < -0.3 is 10.6 Å². The SMILES string of the molecule is c1ccc(CCNc2ccnc(NCCc3cccnc3)n2)cc1. The van der Waals surface area contributed by atoms with Gasteiger partial charge in [-0.05, 0) is 36.1 Å². The highest BCUT2D eigenvalue weighted by Gasteiger charge is 2.00. The van der Waals surface area contributed by atoms with Crippen molar-refractivity contribution in [3.8, 4) is 0 Å². The largest absolute Gasteiger partial charge is 0.370 e. The molecule has 2 aromatic heterocycles. The summed E-state index contributed by atoms with van der Waals surface area (Å²) < 4.78 is 0. The Labute approximate surface area is 142 Å². The molecule has 0 saturated heterocycles. The second kappa shape index (κ2) is 8.62. The van der Waals surface area contributed by atoms with E-state index in [1.54, 1.807) is 12.4 Å². The molecule has 3 rings (SSSR count). The van der Waals surface area contributed by atoms with Crippen molar-refractivity contribution in [3.63, 3.8) is 0 Å². The molecule has 122 valence electrons. The van der Waals surface area contributed by atoms with E-state index in [9.17, 15) is 0 Å². The number of hydrogen-bond acceptors (Lipinski definition) is 5. The number of pyridine rings is 1. The molecule has 0 aliphatic carbocycles. The molecule has 0 fully saturated rings. The molecule has 5 nitrogen and oxygen atoms in total. The minimum absolute atomic E-state index is 0.642. The molecule has 24 heavy (non-hydrogen) atoms. The van der Waals surface area contributed by atoms with Gasteiger partial charge in [0.1, 0.15) is 5.82 Å². The maximum absolute atomic E-state index is 4.49. The zero-order chi connectivity index (χ0) is 16.5. The Balaban J connectivity index is 1.45. The van der Waals surface area contributed by atoms with Crippen molar-refractivity contribution in [2.45, 2.75) is 12.8 Å². The van der Waals surface area contributed by atoms with Gasteiger partial charge in [0.25, 0.3) is 0 Å². The van der Waals surface area contributed by atoms with E-state index < -0.39 is 0 Å². The predicted octanol–water partition coefficient (Wildman–Crippen LogP) is 3.18. The van der Waals surface area contributed by atoms with Gasteiger partial charge in [-0.25, -0.2) is 4.98 Å². The van der Waals surface area contributed by atoms with Crippen LogP contribution in [-0.4, -0.2) is 28.0 Å². The Bertz CT molecular complexity index is 670. The van der Waals surface area contributed by atoms with E-state index in [-0.39, 0.29) is 0 Å². The Kier molecular flexibility index (Phi) is 5.72. The highest BCUT2D eigenvalue weighted by Crippen LogP contribution is 2.07. The zero-order valence-corrected chi connectivity index (χ0v) is 13.5. The topological polar surface area (TPSA) is 62.7 Å². The number of benzene rings is 1. The summed E-state index contributed by atoms with van der Waals surface area (Å²) in [6.45, 7) is 1.62. The third-order valence-electron chi connectivity index (χ3n) is 3.64. The summed E-state index contributed by atoms with van der Waals surface area (Å²) in [4.78, 5) is 12.9. The van der Waals surface area contributed by atoms with Gasteiger partial charge in [-0.3, -0.25) is 4.98 Å². The Morgan fingerprint density at radius 1 is 0.750 bits per heavy atom. The summed E-state index contributed by atoms with van der Waals surface area (Å²) in [5, 5.41) is 6.59. The molecule has 0 amide bonds. The Morgan fingerprint density at radius 2 is 1.54 bits per heavy atom.